The Bertz CT molecular complexity index is 291. The number of imide groups is 1. The van der Waals surface area contributed by atoms with Gasteiger partial charge in [-0.1, -0.05) is 13.3 Å². The Balaban J connectivity index is 2.30. The lowest BCUT2D eigenvalue weighted by Crippen LogP contribution is -2.47. The summed E-state index contributed by atoms with van der Waals surface area (Å²) in [5.41, 5.74) is 0. The van der Waals surface area contributed by atoms with E-state index in [1.54, 1.807) is 6.92 Å². The fraction of sp³-hybridized carbons (Fsp3) is 0.846. The minimum Gasteiger partial charge on any atom is -0.450 e. The first-order valence-electron chi connectivity index (χ1n) is 7.08. The SMILES string of the molecule is CCOC(=O)NC(=O)CN(CC)CC1CCCCN1. The molecule has 6 nitrogen and oxygen atoms in total. The van der Waals surface area contributed by atoms with Crippen LogP contribution in [0.4, 0.5) is 4.79 Å². The maximum Gasteiger partial charge on any atom is 0.413 e. The molecule has 2 N–H and O–H groups in total. The zero-order valence-electron chi connectivity index (χ0n) is 11.9. The van der Waals surface area contributed by atoms with Crippen LogP contribution in [0.15, 0.2) is 0 Å². The van der Waals surface area contributed by atoms with Gasteiger partial charge in [-0.2, -0.15) is 0 Å². The molecule has 110 valence electrons. The number of piperidine rings is 1. The van der Waals surface area contributed by atoms with E-state index in [0.717, 1.165) is 26.1 Å². The Morgan fingerprint density at radius 2 is 2.16 bits per heavy atom. The van der Waals surface area contributed by atoms with Crippen LogP contribution in [0, 0.1) is 0 Å². The van der Waals surface area contributed by atoms with Crippen LogP contribution in [0.1, 0.15) is 33.1 Å². The van der Waals surface area contributed by atoms with E-state index in [1.165, 1.54) is 12.8 Å². The molecule has 0 aliphatic carbocycles. The molecule has 0 aromatic heterocycles. The molecule has 1 fully saturated rings. The van der Waals surface area contributed by atoms with E-state index in [2.05, 4.69) is 15.4 Å². The third-order valence-electron chi connectivity index (χ3n) is 3.22. The Hall–Kier alpha value is -1.14. The zero-order valence-corrected chi connectivity index (χ0v) is 11.9. The summed E-state index contributed by atoms with van der Waals surface area (Å²) >= 11 is 0. The molecule has 1 unspecified atom stereocenters. The summed E-state index contributed by atoms with van der Waals surface area (Å²) in [5, 5.41) is 5.67. The van der Waals surface area contributed by atoms with Gasteiger partial charge < -0.3 is 10.1 Å². The number of carbonyl (C=O) groups excluding carboxylic acids is 2. The van der Waals surface area contributed by atoms with Gasteiger partial charge in [0, 0.05) is 12.6 Å². The van der Waals surface area contributed by atoms with Crippen LogP contribution in [0.5, 0.6) is 0 Å². The van der Waals surface area contributed by atoms with Gasteiger partial charge in [0.15, 0.2) is 0 Å². The lowest BCUT2D eigenvalue weighted by molar-refractivity contribution is -0.121. The lowest BCUT2D eigenvalue weighted by atomic mass is 10.0. The van der Waals surface area contributed by atoms with Crippen molar-refractivity contribution >= 4 is 12.0 Å². The summed E-state index contributed by atoms with van der Waals surface area (Å²) in [6.07, 6.45) is 2.95. The highest BCUT2D eigenvalue weighted by atomic mass is 16.5. The normalized spacial score (nSPS) is 19.2. The Kier molecular flexibility index (Phi) is 7.43. The average Bonchev–Trinajstić information content (AvgIpc) is 2.39. The van der Waals surface area contributed by atoms with Crippen molar-refractivity contribution in [1.82, 2.24) is 15.5 Å². The highest BCUT2D eigenvalue weighted by Gasteiger charge is 2.18. The van der Waals surface area contributed by atoms with E-state index in [1.807, 2.05) is 11.8 Å². The monoisotopic (exact) mass is 271 g/mol. The van der Waals surface area contributed by atoms with Gasteiger partial charge in [-0.05, 0) is 32.9 Å². The number of nitrogens with one attached hydrogen (secondary N) is 2. The molecule has 0 radical (unpaired) electrons. The molecule has 0 aromatic carbocycles. The second kappa shape index (κ2) is 8.87. The molecule has 19 heavy (non-hydrogen) atoms. The summed E-state index contributed by atoms with van der Waals surface area (Å²) in [6.45, 7) is 6.89. The van der Waals surface area contributed by atoms with Crippen molar-refractivity contribution in [2.45, 2.75) is 39.2 Å². The number of hydrogen-bond donors (Lipinski definition) is 2. The van der Waals surface area contributed by atoms with Crippen LogP contribution in [-0.4, -0.2) is 55.7 Å². The highest BCUT2D eigenvalue weighted by Crippen LogP contribution is 2.08. The average molecular weight is 271 g/mol. The van der Waals surface area contributed by atoms with Crippen molar-refractivity contribution in [3.05, 3.63) is 0 Å². The Labute approximate surface area is 114 Å². The van der Waals surface area contributed by atoms with Gasteiger partial charge in [0.25, 0.3) is 0 Å². The minimum absolute atomic E-state index is 0.230. The second-order valence-electron chi connectivity index (χ2n) is 4.74. The Morgan fingerprint density at radius 3 is 2.74 bits per heavy atom. The fourth-order valence-corrected chi connectivity index (χ4v) is 2.22. The maximum absolute atomic E-state index is 11.7. The van der Waals surface area contributed by atoms with E-state index < -0.39 is 6.09 Å². The molecule has 0 aromatic rings. The smallest absolute Gasteiger partial charge is 0.413 e. The van der Waals surface area contributed by atoms with E-state index >= 15 is 0 Å². The quantitative estimate of drug-likeness (QED) is 0.745. The summed E-state index contributed by atoms with van der Waals surface area (Å²) < 4.78 is 4.68. The molecule has 0 bridgehead atoms. The van der Waals surface area contributed by atoms with Crippen LogP contribution in [0.3, 0.4) is 0 Å². The standard InChI is InChI=1S/C13H25N3O3/c1-3-16(9-11-7-5-6-8-14-11)10-12(17)15-13(18)19-4-2/h11,14H,3-10H2,1-2H3,(H,15,17,18). The third-order valence-corrected chi connectivity index (χ3v) is 3.22. The maximum atomic E-state index is 11.7. The molecular weight excluding hydrogens is 246 g/mol. The predicted octanol–water partition coefficient (Wildman–Crippen LogP) is 0.723. The van der Waals surface area contributed by atoms with Crippen molar-refractivity contribution < 1.29 is 14.3 Å². The van der Waals surface area contributed by atoms with Crippen LogP contribution < -0.4 is 10.6 Å². The van der Waals surface area contributed by atoms with Crippen LogP contribution in [-0.2, 0) is 9.53 Å². The molecule has 1 aliphatic heterocycles. The summed E-state index contributed by atoms with van der Waals surface area (Å²) in [6, 6.07) is 0.448. The summed E-state index contributed by atoms with van der Waals surface area (Å²) in [4.78, 5) is 24.8. The molecule has 1 aliphatic rings. The van der Waals surface area contributed by atoms with Crippen molar-refractivity contribution in [2.24, 2.45) is 0 Å². The summed E-state index contributed by atoms with van der Waals surface area (Å²) in [5.74, 6) is -0.309. The van der Waals surface area contributed by atoms with Crippen LogP contribution in [0.25, 0.3) is 0 Å². The first-order chi connectivity index (χ1) is 9.15. The van der Waals surface area contributed by atoms with Crippen molar-refractivity contribution in [1.29, 1.82) is 0 Å². The van der Waals surface area contributed by atoms with Gasteiger partial charge >= 0.3 is 6.09 Å². The molecule has 6 heteroatoms. The number of carbonyl (C=O) groups is 2. The van der Waals surface area contributed by atoms with Crippen molar-refractivity contribution in [3.8, 4) is 0 Å². The van der Waals surface area contributed by atoms with Crippen molar-refractivity contribution in [3.63, 3.8) is 0 Å². The number of nitrogens with zero attached hydrogens (tertiary/aromatic N) is 1. The largest absolute Gasteiger partial charge is 0.450 e. The minimum atomic E-state index is -0.667. The number of alkyl carbamates (subject to hydrolysis) is 1. The fourth-order valence-electron chi connectivity index (χ4n) is 2.22. The second-order valence-corrected chi connectivity index (χ2v) is 4.74. The predicted molar refractivity (Wildman–Crippen MR) is 72.9 cm³/mol. The van der Waals surface area contributed by atoms with E-state index in [4.69, 9.17) is 0 Å². The number of likely N-dealkylation sites (N-methyl/N-ethyl adjacent to an activating group) is 1. The van der Waals surface area contributed by atoms with Crippen LogP contribution in [0.2, 0.25) is 0 Å². The lowest BCUT2D eigenvalue weighted by Gasteiger charge is -2.29. The van der Waals surface area contributed by atoms with Gasteiger partial charge in [-0.25, -0.2) is 4.79 Å². The molecule has 1 rings (SSSR count). The molecule has 0 saturated carbocycles. The Morgan fingerprint density at radius 1 is 1.37 bits per heavy atom. The first kappa shape index (κ1) is 15.9. The van der Waals surface area contributed by atoms with Gasteiger partial charge in [0.1, 0.15) is 0 Å². The molecule has 2 amide bonds. The van der Waals surface area contributed by atoms with E-state index in [-0.39, 0.29) is 19.1 Å². The van der Waals surface area contributed by atoms with Gasteiger partial charge in [-0.3, -0.25) is 15.0 Å². The number of hydrogen-bond acceptors (Lipinski definition) is 5. The molecule has 0 spiro atoms. The summed E-state index contributed by atoms with van der Waals surface area (Å²) in [7, 11) is 0. The van der Waals surface area contributed by atoms with Gasteiger partial charge in [0.05, 0.1) is 13.2 Å². The van der Waals surface area contributed by atoms with E-state index in [9.17, 15) is 9.59 Å². The topological polar surface area (TPSA) is 70.7 Å². The first-order valence-corrected chi connectivity index (χ1v) is 7.08. The zero-order chi connectivity index (χ0) is 14.1. The van der Waals surface area contributed by atoms with Crippen molar-refractivity contribution in [2.75, 3.05) is 32.8 Å². The highest BCUT2D eigenvalue weighted by molar-refractivity contribution is 5.92. The molecule has 1 heterocycles. The van der Waals surface area contributed by atoms with E-state index in [0.29, 0.717) is 6.04 Å². The molecular formula is C13H25N3O3. The van der Waals surface area contributed by atoms with Gasteiger partial charge in [0.2, 0.25) is 5.91 Å². The van der Waals surface area contributed by atoms with Crippen LogP contribution >= 0.6 is 0 Å². The van der Waals surface area contributed by atoms with Gasteiger partial charge in [-0.15, -0.1) is 0 Å². The number of rotatable bonds is 6. The third kappa shape index (κ3) is 6.54. The molecule has 1 saturated heterocycles. The molecule has 1 atom stereocenters. The number of ether oxygens (including phenoxy) is 1. The number of amides is 2.